The number of sulfonamides is 1. The molecular weight excluding hydrogens is 428 g/mol. The number of rotatable bonds is 9. The summed E-state index contributed by atoms with van der Waals surface area (Å²) in [4.78, 5) is 13.2. The summed E-state index contributed by atoms with van der Waals surface area (Å²) in [6, 6.07) is 16.0. The Kier molecular flexibility index (Phi) is 6.91. The van der Waals surface area contributed by atoms with Gasteiger partial charge in [0.05, 0.1) is 4.90 Å². The van der Waals surface area contributed by atoms with Crippen molar-refractivity contribution < 1.29 is 13.2 Å². The van der Waals surface area contributed by atoms with Gasteiger partial charge in [-0.2, -0.15) is 4.31 Å². The molecule has 9 nitrogen and oxygen atoms in total. The minimum Gasteiger partial charge on any atom is -0.354 e. The molecular formula is C22H26N6O3S. The van der Waals surface area contributed by atoms with E-state index in [1.807, 2.05) is 30.3 Å². The Morgan fingerprint density at radius 2 is 1.72 bits per heavy atom. The lowest BCUT2D eigenvalue weighted by Gasteiger charge is -2.17. The highest BCUT2D eigenvalue weighted by Gasteiger charge is 2.27. The highest BCUT2D eigenvalue weighted by atomic mass is 32.2. The number of nitrogens with one attached hydrogen (secondary N) is 1. The molecule has 1 amide bonds. The fraction of sp³-hybridized carbons (Fsp3) is 0.364. The Morgan fingerprint density at radius 1 is 1.00 bits per heavy atom. The maximum atomic E-state index is 12.9. The third-order valence-corrected chi connectivity index (χ3v) is 7.51. The van der Waals surface area contributed by atoms with E-state index in [9.17, 15) is 13.2 Å². The minimum absolute atomic E-state index is 0.172. The van der Waals surface area contributed by atoms with Gasteiger partial charge in [-0.05, 0) is 52.9 Å². The van der Waals surface area contributed by atoms with E-state index in [1.54, 1.807) is 24.3 Å². The quantitative estimate of drug-likeness (QED) is 0.526. The van der Waals surface area contributed by atoms with Crippen molar-refractivity contribution in [3.63, 3.8) is 0 Å². The zero-order valence-electron chi connectivity index (χ0n) is 17.7. The molecule has 1 aromatic heterocycles. The molecule has 4 rings (SSSR count). The molecule has 0 saturated carbocycles. The number of aromatic nitrogens is 4. The van der Waals surface area contributed by atoms with Crippen LogP contribution in [0.2, 0.25) is 0 Å². The standard InChI is InChI=1S/C22H26N6O3S/c29-22(21(28-17-24-25-26-28)16-19-6-2-1-3-7-19)23-13-12-18-8-10-20(11-9-18)32(30,31)27-14-4-5-15-27/h1-3,6-11,17,21H,4-5,12-16H2,(H,23,29)/t21-/m0/s1. The molecule has 168 valence electrons. The van der Waals surface area contributed by atoms with E-state index in [0.717, 1.165) is 24.0 Å². The van der Waals surface area contributed by atoms with Gasteiger partial charge in [0, 0.05) is 26.1 Å². The zero-order valence-corrected chi connectivity index (χ0v) is 18.5. The number of amides is 1. The van der Waals surface area contributed by atoms with Crippen molar-refractivity contribution in [1.82, 2.24) is 29.8 Å². The third kappa shape index (κ3) is 5.20. The molecule has 3 aromatic rings. The molecule has 10 heteroatoms. The summed E-state index contributed by atoms with van der Waals surface area (Å²) in [5.41, 5.74) is 1.96. The van der Waals surface area contributed by atoms with Gasteiger partial charge in [-0.1, -0.05) is 42.5 Å². The van der Waals surface area contributed by atoms with Crippen LogP contribution in [0.5, 0.6) is 0 Å². The third-order valence-electron chi connectivity index (χ3n) is 5.60. The number of nitrogens with zero attached hydrogens (tertiary/aromatic N) is 5. The van der Waals surface area contributed by atoms with Crippen LogP contribution >= 0.6 is 0 Å². The number of hydrogen-bond donors (Lipinski definition) is 1. The predicted molar refractivity (Wildman–Crippen MR) is 118 cm³/mol. The lowest BCUT2D eigenvalue weighted by atomic mass is 10.1. The fourth-order valence-corrected chi connectivity index (χ4v) is 5.33. The summed E-state index contributed by atoms with van der Waals surface area (Å²) in [6.45, 7) is 1.59. The van der Waals surface area contributed by atoms with Crippen molar-refractivity contribution in [2.45, 2.75) is 36.6 Å². The van der Waals surface area contributed by atoms with E-state index in [4.69, 9.17) is 0 Å². The summed E-state index contributed by atoms with van der Waals surface area (Å²) >= 11 is 0. The maximum absolute atomic E-state index is 12.9. The predicted octanol–water partition coefficient (Wildman–Crippen LogP) is 1.60. The number of carbonyl (C=O) groups is 1. The molecule has 2 aromatic carbocycles. The Labute approximate surface area is 187 Å². The SMILES string of the molecule is O=C(NCCc1ccc(S(=O)(=O)N2CCCC2)cc1)[C@H](Cc1ccccc1)n1cnnn1. The first-order valence-corrected chi connectivity index (χ1v) is 12.1. The fourth-order valence-electron chi connectivity index (χ4n) is 3.81. The van der Waals surface area contributed by atoms with Crippen molar-refractivity contribution in [2.24, 2.45) is 0 Å². The summed E-state index contributed by atoms with van der Waals surface area (Å²) in [5.74, 6) is -0.172. The van der Waals surface area contributed by atoms with Crippen LogP contribution in [0, 0.1) is 0 Å². The summed E-state index contributed by atoms with van der Waals surface area (Å²) in [6.07, 6.45) is 4.32. The first-order valence-electron chi connectivity index (χ1n) is 10.7. The van der Waals surface area contributed by atoms with Gasteiger partial charge in [0.1, 0.15) is 12.4 Å². The van der Waals surface area contributed by atoms with Crippen LogP contribution in [-0.2, 0) is 27.7 Å². The zero-order chi connectivity index (χ0) is 22.4. The molecule has 0 radical (unpaired) electrons. The van der Waals surface area contributed by atoms with Gasteiger partial charge < -0.3 is 5.32 Å². The van der Waals surface area contributed by atoms with Gasteiger partial charge >= 0.3 is 0 Å². The molecule has 0 spiro atoms. The second-order valence-electron chi connectivity index (χ2n) is 7.79. The summed E-state index contributed by atoms with van der Waals surface area (Å²) in [7, 11) is -3.41. The van der Waals surface area contributed by atoms with Crippen molar-refractivity contribution in [1.29, 1.82) is 0 Å². The topological polar surface area (TPSA) is 110 Å². The normalized spacial score (nSPS) is 15.5. The average molecular weight is 455 g/mol. The van der Waals surface area contributed by atoms with Gasteiger partial charge in [-0.15, -0.1) is 5.10 Å². The number of carbonyl (C=O) groups excluding carboxylic acids is 1. The van der Waals surface area contributed by atoms with Crippen LogP contribution in [-0.4, -0.2) is 58.5 Å². The van der Waals surface area contributed by atoms with Crippen molar-refractivity contribution in [3.8, 4) is 0 Å². The Morgan fingerprint density at radius 3 is 2.38 bits per heavy atom. The molecule has 1 aliphatic rings. The van der Waals surface area contributed by atoms with Crippen LogP contribution in [0.15, 0.2) is 65.8 Å². The highest BCUT2D eigenvalue weighted by Crippen LogP contribution is 2.21. The largest absolute Gasteiger partial charge is 0.354 e. The molecule has 32 heavy (non-hydrogen) atoms. The lowest BCUT2D eigenvalue weighted by Crippen LogP contribution is -2.35. The van der Waals surface area contributed by atoms with Crippen LogP contribution in [0.25, 0.3) is 0 Å². The van der Waals surface area contributed by atoms with E-state index >= 15 is 0 Å². The van der Waals surface area contributed by atoms with Crippen LogP contribution in [0.4, 0.5) is 0 Å². The second kappa shape index (κ2) is 10.0. The number of benzene rings is 2. The Balaban J connectivity index is 1.35. The first kappa shape index (κ1) is 22.1. The van der Waals surface area contributed by atoms with Crippen molar-refractivity contribution >= 4 is 15.9 Å². The molecule has 0 aliphatic carbocycles. The summed E-state index contributed by atoms with van der Waals surface area (Å²) < 4.78 is 28.3. The van der Waals surface area contributed by atoms with E-state index in [-0.39, 0.29) is 5.91 Å². The molecule has 1 aliphatic heterocycles. The molecule has 0 unspecified atom stereocenters. The van der Waals surface area contributed by atoms with E-state index < -0.39 is 16.1 Å². The van der Waals surface area contributed by atoms with Gasteiger partial charge in [0.15, 0.2) is 0 Å². The van der Waals surface area contributed by atoms with E-state index in [0.29, 0.717) is 37.4 Å². The lowest BCUT2D eigenvalue weighted by molar-refractivity contribution is -0.124. The van der Waals surface area contributed by atoms with Gasteiger partial charge in [-0.3, -0.25) is 4.79 Å². The first-order chi connectivity index (χ1) is 15.5. The molecule has 1 N–H and O–H groups in total. The molecule has 0 bridgehead atoms. The second-order valence-corrected chi connectivity index (χ2v) is 9.73. The smallest absolute Gasteiger partial charge is 0.245 e. The van der Waals surface area contributed by atoms with Crippen molar-refractivity contribution in [2.75, 3.05) is 19.6 Å². The van der Waals surface area contributed by atoms with Crippen molar-refractivity contribution in [3.05, 3.63) is 72.1 Å². The maximum Gasteiger partial charge on any atom is 0.245 e. The molecule has 1 saturated heterocycles. The van der Waals surface area contributed by atoms with Crippen LogP contribution < -0.4 is 5.32 Å². The summed E-state index contributed by atoms with van der Waals surface area (Å²) in [5, 5.41) is 14.1. The van der Waals surface area contributed by atoms with E-state index in [1.165, 1.54) is 15.3 Å². The van der Waals surface area contributed by atoms with Gasteiger partial charge in [0.25, 0.3) is 0 Å². The van der Waals surface area contributed by atoms with Gasteiger partial charge in [0.2, 0.25) is 15.9 Å². The molecule has 2 heterocycles. The minimum atomic E-state index is -3.41. The monoisotopic (exact) mass is 454 g/mol. The van der Waals surface area contributed by atoms with E-state index in [2.05, 4.69) is 20.8 Å². The number of tetrazole rings is 1. The Bertz CT molecular complexity index is 1110. The molecule has 1 atom stereocenters. The average Bonchev–Trinajstić information content (AvgIpc) is 3.53. The molecule has 1 fully saturated rings. The Hall–Kier alpha value is -3.11. The van der Waals surface area contributed by atoms with Gasteiger partial charge in [-0.25, -0.2) is 13.1 Å². The number of hydrogen-bond acceptors (Lipinski definition) is 6. The van der Waals surface area contributed by atoms with Crippen LogP contribution in [0.1, 0.15) is 30.0 Å². The van der Waals surface area contributed by atoms with Crippen LogP contribution in [0.3, 0.4) is 0 Å². The highest BCUT2D eigenvalue weighted by molar-refractivity contribution is 7.89.